The van der Waals surface area contributed by atoms with Crippen molar-refractivity contribution in [1.29, 1.82) is 0 Å². The Labute approximate surface area is 398 Å². The average molecular weight is 930 g/mol. The van der Waals surface area contributed by atoms with E-state index < -0.39 is 32.5 Å². The van der Waals surface area contributed by atoms with Crippen molar-refractivity contribution in [3.63, 3.8) is 0 Å². The van der Waals surface area contributed by atoms with Crippen LogP contribution < -0.4 is 5.73 Å². The number of hydrogen-bond donors (Lipinski definition) is 2. The molecule has 9 nitrogen and oxygen atoms in total. The van der Waals surface area contributed by atoms with Gasteiger partial charge >= 0.3 is 19.8 Å². The molecule has 0 bridgehead atoms. The number of allylic oxidation sites excluding steroid dienone is 14. The topological polar surface area (TPSA) is 134 Å². The predicted molar refractivity (Wildman–Crippen MR) is 275 cm³/mol. The summed E-state index contributed by atoms with van der Waals surface area (Å²) in [7, 11) is -4.39. The summed E-state index contributed by atoms with van der Waals surface area (Å²) in [6.45, 7) is 3.60. The zero-order chi connectivity index (χ0) is 47.4. The Morgan fingerprint density at radius 2 is 0.846 bits per heavy atom. The van der Waals surface area contributed by atoms with Gasteiger partial charge in [-0.15, -0.1) is 0 Å². The third-order valence-electron chi connectivity index (χ3n) is 10.8. The number of phosphoric ester groups is 1. The molecule has 0 aromatic carbocycles. The highest BCUT2D eigenvalue weighted by Crippen LogP contribution is 2.43. The van der Waals surface area contributed by atoms with Crippen molar-refractivity contribution in [3.8, 4) is 0 Å². The second-order valence-corrected chi connectivity index (χ2v) is 18.5. The van der Waals surface area contributed by atoms with E-state index in [9.17, 15) is 19.0 Å². The Hall–Kier alpha value is -2.81. The number of ether oxygens (including phenoxy) is 2. The Kier molecular flexibility index (Phi) is 48.4. The van der Waals surface area contributed by atoms with Crippen molar-refractivity contribution in [2.45, 2.75) is 225 Å². The molecule has 10 heteroatoms. The highest BCUT2D eigenvalue weighted by atomic mass is 31.2. The molecule has 0 aliphatic rings. The zero-order valence-electron chi connectivity index (χ0n) is 41.4. The number of nitrogens with two attached hydrogens (primary N) is 1. The van der Waals surface area contributed by atoms with Crippen LogP contribution in [0, 0.1) is 0 Å². The lowest BCUT2D eigenvalue weighted by Gasteiger charge is -2.19. The molecule has 0 heterocycles. The second-order valence-electron chi connectivity index (χ2n) is 17.0. The van der Waals surface area contributed by atoms with E-state index in [1.54, 1.807) is 0 Å². The van der Waals surface area contributed by atoms with Gasteiger partial charge in [0.25, 0.3) is 0 Å². The molecule has 2 atom stereocenters. The number of carbonyl (C=O) groups is 2. The molecule has 0 aliphatic heterocycles. The van der Waals surface area contributed by atoms with E-state index in [2.05, 4.69) is 98.9 Å². The Bertz CT molecular complexity index is 1340. The molecule has 0 aromatic heterocycles. The van der Waals surface area contributed by atoms with E-state index in [0.717, 1.165) is 96.3 Å². The van der Waals surface area contributed by atoms with Gasteiger partial charge < -0.3 is 20.1 Å². The third kappa shape index (κ3) is 50.4. The minimum Gasteiger partial charge on any atom is -0.462 e. The quantitative estimate of drug-likeness (QED) is 0.0265. The minimum absolute atomic E-state index is 0.0466. The SMILES string of the molecule is CC/C=C\C/C=C\C/C=C\C/C=C\CCCCCCCCCCC(=O)OC(COC(=O)CCCCCCCCCC/C=C\C/C=C\C/C=C\CCCCCCC)COP(=O)(O)OCCN. The van der Waals surface area contributed by atoms with Crippen molar-refractivity contribution in [2.24, 2.45) is 5.73 Å². The fourth-order valence-electron chi connectivity index (χ4n) is 6.93. The maximum atomic E-state index is 12.7. The smallest absolute Gasteiger partial charge is 0.462 e. The van der Waals surface area contributed by atoms with Crippen LogP contribution in [0.1, 0.15) is 219 Å². The summed E-state index contributed by atoms with van der Waals surface area (Å²) in [4.78, 5) is 35.1. The number of rotatable bonds is 48. The Morgan fingerprint density at radius 3 is 1.26 bits per heavy atom. The van der Waals surface area contributed by atoms with Crippen LogP contribution in [0.5, 0.6) is 0 Å². The lowest BCUT2D eigenvalue weighted by atomic mass is 10.1. The molecular weight excluding hydrogens is 834 g/mol. The first-order valence-corrected chi connectivity index (χ1v) is 27.6. The van der Waals surface area contributed by atoms with Crippen molar-refractivity contribution in [2.75, 3.05) is 26.4 Å². The molecule has 0 aliphatic carbocycles. The van der Waals surface area contributed by atoms with Crippen molar-refractivity contribution < 1.29 is 37.6 Å². The molecule has 0 spiro atoms. The van der Waals surface area contributed by atoms with Gasteiger partial charge in [0.05, 0.1) is 13.2 Å². The van der Waals surface area contributed by atoms with Crippen LogP contribution in [0.25, 0.3) is 0 Å². The highest BCUT2D eigenvalue weighted by Gasteiger charge is 2.26. The normalized spacial score (nSPS) is 13.8. The lowest BCUT2D eigenvalue weighted by molar-refractivity contribution is -0.161. The van der Waals surface area contributed by atoms with Crippen molar-refractivity contribution in [1.82, 2.24) is 0 Å². The number of esters is 2. The van der Waals surface area contributed by atoms with E-state index in [1.807, 2.05) is 0 Å². The molecule has 0 rings (SSSR count). The van der Waals surface area contributed by atoms with E-state index in [4.69, 9.17) is 24.3 Å². The molecule has 0 saturated carbocycles. The molecular formula is C55H96NO8P. The Balaban J connectivity index is 4.09. The summed E-state index contributed by atoms with van der Waals surface area (Å²) < 4.78 is 32.9. The summed E-state index contributed by atoms with van der Waals surface area (Å²) in [5.41, 5.74) is 5.37. The van der Waals surface area contributed by atoms with E-state index in [1.165, 1.54) is 89.9 Å². The second kappa shape index (κ2) is 50.6. The summed E-state index contributed by atoms with van der Waals surface area (Å²) >= 11 is 0. The first kappa shape index (κ1) is 62.2. The van der Waals surface area contributed by atoms with Gasteiger partial charge in [0.2, 0.25) is 0 Å². The standard InChI is InChI=1S/C55H96NO8P/c1-3-5-7-9-11-13-15-17-19-21-23-25-26-28-29-31-33-35-37-39-41-43-45-47-54(57)61-51-53(52-63-65(59,60)62-50-49-56)64-55(58)48-46-44-42-40-38-36-34-32-30-27-24-22-20-18-16-14-12-10-8-6-4-2/h6,8,12,14-15,17-18,20-21,23-24,26-28,53H,3-5,7,9-11,13,16,19,22,25,29-52,56H2,1-2H3,(H,59,60)/b8-6-,14-12-,17-15-,20-18-,23-21-,27-24-,28-26-. The molecule has 0 radical (unpaired) electrons. The summed E-state index contributed by atoms with van der Waals surface area (Å²) in [6, 6.07) is 0. The lowest BCUT2D eigenvalue weighted by Crippen LogP contribution is -2.29. The fraction of sp³-hybridized carbons (Fsp3) is 0.709. The molecule has 2 unspecified atom stereocenters. The minimum atomic E-state index is -4.39. The first-order valence-electron chi connectivity index (χ1n) is 26.1. The van der Waals surface area contributed by atoms with Gasteiger partial charge in [-0.2, -0.15) is 0 Å². The molecule has 0 amide bonds. The van der Waals surface area contributed by atoms with Gasteiger partial charge in [0.15, 0.2) is 6.10 Å². The van der Waals surface area contributed by atoms with Crippen LogP contribution in [0.4, 0.5) is 0 Å². The summed E-state index contributed by atoms with van der Waals surface area (Å²) in [5.74, 6) is -0.848. The Morgan fingerprint density at radius 1 is 0.477 bits per heavy atom. The van der Waals surface area contributed by atoms with E-state index in [0.29, 0.717) is 6.42 Å². The van der Waals surface area contributed by atoms with E-state index >= 15 is 0 Å². The van der Waals surface area contributed by atoms with Gasteiger partial charge in [0.1, 0.15) is 6.61 Å². The molecule has 65 heavy (non-hydrogen) atoms. The van der Waals surface area contributed by atoms with Crippen molar-refractivity contribution >= 4 is 19.8 Å². The van der Waals surface area contributed by atoms with Gasteiger partial charge in [-0.05, 0) is 89.9 Å². The monoisotopic (exact) mass is 930 g/mol. The zero-order valence-corrected chi connectivity index (χ0v) is 42.3. The fourth-order valence-corrected chi connectivity index (χ4v) is 7.69. The van der Waals surface area contributed by atoms with Gasteiger partial charge in [-0.1, -0.05) is 202 Å². The van der Waals surface area contributed by atoms with Gasteiger partial charge in [-0.25, -0.2) is 4.57 Å². The van der Waals surface area contributed by atoms with Crippen LogP contribution in [-0.4, -0.2) is 49.3 Å². The van der Waals surface area contributed by atoms with Crippen LogP contribution >= 0.6 is 7.82 Å². The van der Waals surface area contributed by atoms with Crippen LogP contribution in [0.3, 0.4) is 0 Å². The number of hydrogen-bond acceptors (Lipinski definition) is 8. The van der Waals surface area contributed by atoms with Crippen LogP contribution in [0.15, 0.2) is 85.1 Å². The number of unbranched alkanes of at least 4 members (excludes halogenated alkanes) is 21. The highest BCUT2D eigenvalue weighted by molar-refractivity contribution is 7.47. The van der Waals surface area contributed by atoms with Gasteiger partial charge in [0, 0.05) is 19.4 Å². The van der Waals surface area contributed by atoms with Gasteiger partial charge in [-0.3, -0.25) is 18.6 Å². The maximum Gasteiger partial charge on any atom is 0.472 e. The molecule has 3 N–H and O–H groups in total. The largest absolute Gasteiger partial charge is 0.472 e. The summed E-state index contributed by atoms with van der Waals surface area (Å²) in [6.07, 6.45) is 64.7. The third-order valence-corrected chi connectivity index (χ3v) is 11.7. The van der Waals surface area contributed by atoms with Crippen LogP contribution in [0.2, 0.25) is 0 Å². The first-order chi connectivity index (χ1) is 31.8. The number of carbonyl (C=O) groups excluding carboxylic acids is 2. The average Bonchev–Trinajstić information content (AvgIpc) is 3.30. The predicted octanol–water partition coefficient (Wildman–Crippen LogP) is 16.0. The molecule has 374 valence electrons. The molecule has 0 fully saturated rings. The van der Waals surface area contributed by atoms with Crippen molar-refractivity contribution in [3.05, 3.63) is 85.1 Å². The molecule has 0 saturated heterocycles. The number of phosphoric acid groups is 1. The van der Waals surface area contributed by atoms with E-state index in [-0.39, 0.29) is 32.6 Å². The summed E-state index contributed by atoms with van der Waals surface area (Å²) in [5, 5.41) is 0. The molecule has 0 aromatic rings. The van der Waals surface area contributed by atoms with Crippen LogP contribution in [-0.2, 0) is 32.7 Å². The maximum absolute atomic E-state index is 12.7.